The number of fused-ring (bicyclic) bond motifs is 1. The van der Waals surface area contributed by atoms with E-state index in [9.17, 15) is 9.59 Å². The number of nitrogens with zero attached hydrogens (tertiary/aromatic N) is 1. The van der Waals surface area contributed by atoms with Gasteiger partial charge in [0.25, 0.3) is 0 Å². The van der Waals surface area contributed by atoms with E-state index in [0.29, 0.717) is 18.4 Å². The molecule has 6 heteroatoms. The van der Waals surface area contributed by atoms with Gasteiger partial charge in [0.2, 0.25) is 5.91 Å². The Hall–Kier alpha value is -1.14. The lowest BCUT2D eigenvalue weighted by Gasteiger charge is -2.23. The number of likely N-dealkylation sites (tertiary alicyclic amines) is 1. The van der Waals surface area contributed by atoms with Crippen LogP contribution in [0.1, 0.15) is 13.8 Å². The van der Waals surface area contributed by atoms with E-state index >= 15 is 0 Å². The third kappa shape index (κ3) is 2.81. The first-order chi connectivity index (χ1) is 8.61. The van der Waals surface area contributed by atoms with E-state index in [0.717, 1.165) is 26.2 Å². The molecule has 0 radical (unpaired) electrons. The third-order valence-corrected chi connectivity index (χ3v) is 3.92. The molecule has 3 amide bonds. The van der Waals surface area contributed by atoms with Crippen LogP contribution in [0.3, 0.4) is 0 Å². The van der Waals surface area contributed by atoms with Crippen LogP contribution >= 0.6 is 0 Å². The normalized spacial score (nSPS) is 28.8. The molecule has 6 nitrogen and oxygen atoms in total. The number of carbonyl (C=O) groups excluding carboxylic acids is 2. The second-order valence-corrected chi connectivity index (χ2v) is 5.16. The van der Waals surface area contributed by atoms with Crippen LogP contribution in [0.4, 0.5) is 4.79 Å². The van der Waals surface area contributed by atoms with Gasteiger partial charge in [0.1, 0.15) is 0 Å². The maximum atomic E-state index is 11.9. The van der Waals surface area contributed by atoms with Gasteiger partial charge in [0.15, 0.2) is 0 Å². The Kier molecular flexibility index (Phi) is 4.19. The highest BCUT2D eigenvalue weighted by atomic mass is 16.2. The first kappa shape index (κ1) is 13.3. The Labute approximate surface area is 107 Å². The van der Waals surface area contributed by atoms with E-state index in [1.54, 1.807) is 0 Å². The molecule has 2 aliphatic rings. The standard InChI is InChI=1S/C12H22N4O2/c1-3-14-12(18)15-11(17)8(2)16-6-9-4-13-5-10(9)7-16/h8-10,13H,3-7H2,1-2H3,(H2,14,15,17,18). The quantitative estimate of drug-likeness (QED) is 0.627. The van der Waals surface area contributed by atoms with Crippen molar-refractivity contribution in [2.75, 3.05) is 32.7 Å². The summed E-state index contributed by atoms with van der Waals surface area (Å²) in [5.74, 6) is 1.10. The van der Waals surface area contributed by atoms with Crippen LogP contribution in [0.15, 0.2) is 0 Å². The molecule has 3 N–H and O–H groups in total. The molecule has 0 aliphatic carbocycles. The number of rotatable bonds is 3. The number of hydrogen-bond donors (Lipinski definition) is 3. The topological polar surface area (TPSA) is 73.5 Å². The fraction of sp³-hybridized carbons (Fsp3) is 0.833. The summed E-state index contributed by atoms with van der Waals surface area (Å²) in [6.07, 6.45) is 0. The van der Waals surface area contributed by atoms with Crippen LogP contribution in [0.25, 0.3) is 0 Å². The van der Waals surface area contributed by atoms with E-state index < -0.39 is 6.03 Å². The predicted octanol–water partition coefficient (Wildman–Crippen LogP) is -0.628. The fourth-order valence-electron chi connectivity index (χ4n) is 2.79. The monoisotopic (exact) mass is 254 g/mol. The summed E-state index contributed by atoms with van der Waals surface area (Å²) < 4.78 is 0. The zero-order valence-corrected chi connectivity index (χ0v) is 11.0. The molecule has 0 bridgehead atoms. The van der Waals surface area contributed by atoms with E-state index in [1.165, 1.54) is 0 Å². The van der Waals surface area contributed by atoms with Crippen molar-refractivity contribution in [2.45, 2.75) is 19.9 Å². The highest BCUT2D eigenvalue weighted by molar-refractivity contribution is 5.96. The lowest BCUT2D eigenvalue weighted by molar-refractivity contribution is -0.124. The van der Waals surface area contributed by atoms with Crippen molar-refractivity contribution in [3.63, 3.8) is 0 Å². The minimum atomic E-state index is -0.407. The number of carbonyl (C=O) groups is 2. The molecule has 3 unspecified atom stereocenters. The van der Waals surface area contributed by atoms with E-state index in [-0.39, 0.29) is 11.9 Å². The van der Waals surface area contributed by atoms with Crippen LogP contribution in [0, 0.1) is 11.8 Å². The minimum absolute atomic E-state index is 0.214. The lowest BCUT2D eigenvalue weighted by atomic mass is 10.0. The molecule has 0 aromatic heterocycles. The highest BCUT2D eigenvalue weighted by Crippen LogP contribution is 2.27. The zero-order valence-electron chi connectivity index (χ0n) is 11.0. The van der Waals surface area contributed by atoms with E-state index in [2.05, 4.69) is 20.9 Å². The molecule has 0 aromatic carbocycles. The Morgan fingerprint density at radius 1 is 1.33 bits per heavy atom. The second-order valence-electron chi connectivity index (χ2n) is 5.16. The fourth-order valence-corrected chi connectivity index (χ4v) is 2.79. The SMILES string of the molecule is CCNC(=O)NC(=O)C(C)N1CC2CNCC2C1. The average Bonchev–Trinajstić information content (AvgIpc) is 2.87. The maximum Gasteiger partial charge on any atom is 0.321 e. The van der Waals surface area contributed by atoms with Crippen LogP contribution in [0.2, 0.25) is 0 Å². The van der Waals surface area contributed by atoms with E-state index in [4.69, 9.17) is 0 Å². The molecule has 2 aliphatic heterocycles. The van der Waals surface area contributed by atoms with Gasteiger partial charge in [-0.05, 0) is 38.8 Å². The van der Waals surface area contributed by atoms with Crippen molar-refractivity contribution in [2.24, 2.45) is 11.8 Å². The van der Waals surface area contributed by atoms with Gasteiger partial charge in [0, 0.05) is 19.6 Å². The van der Waals surface area contributed by atoms with Gasteiger partial charge in [-0.25, -0.2) is 4.79 Å². The summed E-state index contributed by atoms with van der Waals surface area (Å²) in [7, 11) is 0. The number of nitrogens with one attached hydrogen (secondary N) is 3. The molecular weight excluding hydrogens is 232 g/mol. The lowest BCUT2D eigenvalue weighted by Crippen LogP contribution is -2.49. The van der Waals surface area contributed by atoms with Gasteiger partial charge in [-0.2, -0.15) is 0 Å². The van der Waals surface area contributed by atoms with E-state index in [1.807, 2.05) is 13.8 Å². The van der Waals surface area contributed by atoms with Crippen molar-refractivity contribution in [1.29, 1.82) is 0 Å². The summed E-state index contributed by atoms with van der Waals surface area (Å²) in [5, 5.41) is 8.31. The Bertz CT molecular complexity index is 322. The molecule has 0 spiro atoms. The van der Waals surface area contributed by atoms with Crippen LogP contribution in [-0.4, -0.2) is 55.6 Å². The average molecular weight is 254 g/mol. The number of hydrogen-bond acceptors (Lipinski definition) is 4. The Balaban J connectivity index is 1.82. The maximum absolute atomic E-state index is 11.9. The van der Waals surface area contributed by atoms with Gasteiger partial charge < -0.3 is 10.6 Å². The van der Waals surface area contributed by atoms with Crippen molar-refractivity contribution in [3.05, 3.63) is 0 Å². The largest absolute Gasteiger partial charge is 0.338 e. The third-order valence-electron chi connectivity index (χ3n) is 3.92. The molecule has 102 valence electrons. The first-order valence-corrected chi connectivity index (χ1v) is 6.65. The van der Waals surface area contributed by atoms with Crippen LogP contribution < -0.4 is 16.0 Å². The number of imide groups is 1. The molecule has 0 saturated carbocycles. The summed E-state index contributed by atoms with van der Waals surface area (Å²) in [6, 6.07) is -0.645. The van der Waals surface area contributed by atoms with Gasteiger partial charge in [-0.3, -0.25) is 15.0 Å². The first-order valence-electron chi connectivity index (χ1n) is 6.65. The summed E-state index contributed by atoms with van der Waals surface area (Å²) in [5.41, 5.74) is 0. The summed E-state index contributed by atoms with van der Waals surface area (Å²) >= 11 is 0. The highest BCUT2D eigenvalue weighted by Gasteiger charge is 2.39. The number of amides is 3. The van der Waals surface area contributed by atoms with Crippen LogP contribution in [-0.2, 0) is 4.79 Å². The van der Waals surface area contributed by atoms with Gasteiger partial charge in [-0.1, -0.05) is 0 Å². The molecular formula is C12H22N4O2. The summed E-state index contributed by atoms with van der Waals surface area (Å²) in [4.78, 5) is 25.4. The molecule has 0 aromatic rings. The van der Waals surface area contributed by atoms with Crippen molar-refractivity contribution >= 4 is 11.9 Å². The summed E-state index contributed by atoms with van der Waals surface area (Å²) in [6.45, 7) is 8.19. The smallest absolute Gasteiger partial charge is 0.321 e. The zero-order chi connectivity index (χ0) is 13.1. The minimum Gasteiger partial charge on any atom is -0.338 e. The molecule has 2 saturated heterocycles. The molecule has 2 heterocycles. The van der Waals surface area contributed by atoms with Crippen molar-refractivity contribution in [3.8, 4) is 0 Å². The Morgan fingerprint density at radius 3 is 2.50 bits per heavy atom. The Morgan fingerprint density at radius 2 is 1.94 bits per heavy atom. The second kappa shape index (κ2) is 5.67. The predicted molar refractivity (Wildman–Crippen MR) is 68.1 cm³/mol. The molecule has 2 fully saturated rings. The number of urea groups is 1. The van der Waals surface area contributed by atoms with Crippen molar-refractivity contribution in [1.82, 2.24) is 20.9 Å². The van der Waals surface area contributed by atoms with Crippen molar-refractivity contribution < 1.29 is 9.59 Å². The molecule has 3 atom stereocenters. The van der Waals surface area contributed by atoms with Crippen LogP contribution in [0.5, 0.6) is 0 Å². The van der Waals surface area contributed by atoms with Gasteiger partial charge in [0.05, 0.1) is 6.04 Å². The van der Waals surface area contributed by atoms with Gasteiger partial charge >= 0.3 is 6.03 Å². The molecule has 2 rings (SSSR count). The molecule has 18 heavy (non-hydrogen) atoms. The van der Waals surface area contributed by atoms with Gasteiger partial charge in [-0.15, -0.1) is 0 Å².